The molecule has 0 aliphatic carbocycles. The summed E-state index contributed by atoms with van der Waals surface area (Å²) in [4.78, 5) is 114. The number of amides is 7. The number of carbonyl (C=O) groups excluding carboxylic acids is 9. The van der Waals surface area contributed by atoms with Crippen LogP contribution in [-0.4, -0.2) is 124 Å². The van der Waals surface area contributed by atoms with E-state index in [1.165, 1.54) is 29.2 Å². The first-order chi connectivity index (χ1) is 23.6. The van der Waals surface area contributed by atoms with Crippen LogP contribution in [-0.2, 0) is 43.0 Å². The Labute approximate surface area is 344 Å². The average Bonchev–Trinajstić information content (AvgIpc) is 3.08. The van der Waals surface area contributed by atoms with Gasteiger partial charge in [-0.15, -0.1) is 11.8 Å². The maximum absolute atomic E-state index is 13.7. The number of thioether (sulfide) groups is 1. The van der Waals surface area contributed by atoms with Crippen LogP contribution in [0.3, 0.4) is 0 Å². The van der Waals surface area contributed by atoms with E-state index in [1.54, 1.807) is 6.92 Å². The second-order valence-electron chi connectivity index (χ2n) is 10.9. The molecule has 0 radical (unpaired) electrons. The van der Waals surface area contributed by atoms with Gasteiger partial charge in [0.1, 0.15) is 30.7 Å². The number of nitrogens with two attached hydrogens (primary N) is 1. The number of benzene rings is 1. The maximum atomic E-state index is 13.7. The number of ether oxygens (including phenoxy) is 2. The van der Waals surface area contributed by atoms with Gasteiger partial charge in [-0.25, -0.2) is 9.59 Å². The summed E-state index contributed by atoms with van der Waals surface area (Å²) in [5.74, 6) is -7.80. The Morgan fingerprint density at radius 2 is 1.65 bits per heavy atom. The summed E-state index contributed by atoms with van der Waals surface area (Å²) in [5, 5.41) is 29.0. The number of nitrogens with one attached hydrogen (secondary N) is 3. The minimum absolute atomic E-state index is 0. The van der Waals surface area contributed by atoms with E-state index >= 15 is 0 Å². The van der Waals surface area contributed by atoms with Crippen molar-refractivity contribution in [2.24, 2.45) is 5.73 Å². The van der Waals surface area contributed by atoms with Gasteiger partial charge < -0.3 is 50.5 Å². The molecule has 0 saturated carbocycles. The zero-order valence-electron chi connectivity index (χ0n) is 28.5. The monoisotopic (exact) mass is 763 g/mol. The minimum Gasteiger partial charge on any atom is -0.548 e. The number of esters is 1. The number of carboxylic acids is 2. The molecule has 3 heterocycles. The number of urea groups is 1. The fraction of sp³-hybridized carbons (Fsp3) is 0.414. The van der Waals surface area contributed by atoms with Crippen molar-refractivity contribution < 1.29 is 122 Å². The Morgan fingerprint density at radius 3 is 2.23 bits per heavy atom. The predicted octanol–water partition coefficient (Wildman–Crippen LogP) is -10.3. The number of fused-ring (bicyclic) bond motifs is 1. The molecule has 268 valence electrons. The summed E-state index contributed by atoms with van der Waals surface area (Å²) in [7, 11) is 0. The van der Waals surface area contributed by atoms with Crippen molar-refractivity contribution in [3.63, 3.8) is 0 Å². The fourth-order valence-electron chi connectivity index (χ4n) is 5.03. The number of imide groups is 1. The van der Waals surface area contributed by atoms with Crippen LogP contribution in [0.1, 0.15) is 25.5 Å². The number of nitrogens with zero attached hydrogens (tertiary/aromatic N) is 3. The van der Waals surface area contributed by atoms with Gasteiger partial charge in [-0.1, -0.05) is 12.1 Å². The number of carboxylic acid groups (broad SMARTS) is 2. The topological polar surface area (TPSA) is 290 Å². The first-order valence-corrected chi connectivity index (χ1v) is 15.9. The van der Waals surface area contributed by atoms with E-state index in [1.807, 2.05) is 0 Å². The summed E-state index contributed by atoms with van der Waals surface area (Å²) < 4.78 is 9.61. The fourth-order valence-corrected chi connectivity index (χ4v) is 6.35. The molecular weight excluding hydrogens is 732 g/mol. The zero-order chi connectivity index (χ0) is 36.9. The summed E-state index contributed by atoms with van der Waals surface area (Å²) in [6.07, 6.45) is -1.06. The SMILES string of the molecule is CCN1CCN(C(=O)N[C@@H](C(=O)N[C@@H]2C(=O)N3C(C(=O)[O-])=C(COC(C)=O)CS[C@H]23)c2ccc(NC(=O)OC[C@@H](N)C(=O)[O-])cc2)C(=O)C1=O.[Na+].[Na+]. The van der Waals surface area contributed by atoms with Gasteiger partial charge in [-0.05, 0) is 24.6 Å². The van der Waals surface area contributed by atoms with E-state index in [4.69, 9.17) is 15.2 Å². The number of β-lactam (4-membered cyclic amide) rings is 1. The average molecular weight is 764 g/mol. The molecule has 0 unspecified atom stereocenters. The number of aliphatic carboxylic acids is 2. The van der Waals surface area contributed by atoms with Crippen LogP contribution >= 0.6 is 11.8 Å². The van der Waals surface area contributed by atoms with Crippen molar-refractivity contribution in [3.05, 3.63) is 41.1 Å². The minimum atomic E-state index is -1.69. The van der Waals surface area contributed by atoms with Crippen LogP contribution in [0.4, 0.5) is 15.3 Å². The smallest absolute Gasteiger partial charge is 0.548 e. The van der Waals surface area contributed by atoms with E-state index in [-0.39, 0.29) is 101 Å². The summed E-state index contributed by atoms with van der Waals surface area (Å²) in [5.41, 5.74) is 5.06. The van der Waals surface area contributed by atoms with Gasteiger partial charge in [0.05, 0.1) is 23.7 Å². The molecule has 4 atom stereocenters. The molecule has 5 N–H and O–H groups in total. The standard InChI is InChI=1S/C29H33N7O13S.2Na/c1-3-34-8-9-35(24(41)23(34)40)28(46)33-18(14-4-6-16(7-5-14)31-29(47)49-11-17(30)26(42)43)21(38)32-19-22(39)36-20(27(44)45)15(10-48-13(2)37)12-50-25(19)36;;/h4-7,17-19,25H,3,8-12,30H2,1-2H3,(H,31,47)(H,32,38)(H,33,46)(H,42,43)(H,44,45);;/q;2*+1/p-2/t17-,18-,19-,25-;;/m1../s1. The molecule has 52 heavy (non-hydrogen) atoms. The van der Waals surface area contributed by atoms with Crippen molar-refractivity contribution in [3.8, 4) is 0 Å². The molecule has 0 bridgehead atoms. The number of likely N-dealkylation sites (N-methyl/N-ethyl adjacent to an activating group) is 1. The third-order valence-corrected chi connectivity index (χ3v) is 8.98. The van der Waals surface area contributed by atoms with Crippen LogP contribution in [0.2, 0.25) is 0 Å². The molecule has 20 nitrogen and oxygen atoms in total. The van der Waals surface area contributed by atoms with E-state index < -0.39 is 96.1 Å². The molecule has 0 aromatic heterocycles. The second-order valence-corrected chi connectivity index (χ2v) is 12.0. The number of piperazine rings is 1. The third-order valence-electron chi connectivity index (χ3n) is 7.64. The quantitative estimate of drug-likeness (QED) is 0.0665. The van der Waals surface area contributed by atoms with Gasteiger partial charge in [0.15, 0.2) is 0 Å². The molecule has 0 spiro atoms. The molecule has 23 heteroatoms. The maximum Gasteiger partial charge on any atom is 1.00 e. The predicted molar refractivity (Wildman–Crippen MR) is 163 cm³/mol. The van der Waals surface area contributed by atoms with Crippen LogP contribution in [0.5, 0.6) is 0 Å². The van der Waals surface area contributed by atoms with Crippen molar-refractivity contribution >= 4 is 71.1 Å². The summed E-state index contributed by atoms with van der Waals surface area (Å²) in [6.45, 7) is 1.82. The molecule has 3 aliphatic rings. The van der Waals surface area contributed by atoms with Crippen LogP contribution in [0.25, 0.3) is 0 Å². The zero-order valence-corrected chi connectivity index (χ0v) is 33.3. The van der Waals surface area contributed by atoms with Crippen LogP contribution in [0.15, 0.2) is 35.5 Å². The van der Waals surface area contributed by atoms with E-state index in [0.29, 0.717) is 4.90 Å². The molecule has 2 saturated heterocycles. The Balaban J connectivity index is 0.00000468. The Kier molecular flexibility index (Phi) is 16.6. The van der Waals surface area contributed by atoms with Gasteiger partial charge >= 0.3 is 89.0 Å². The van der Waals surface area contributed by atoms with Gasteiger partial charge in [0.25, 0.3) is 5.91 Å². The third kappa shape index (κ3) is 10.2. The van der Waals surface area contributed by atoms with Gasteiger partial charge in [-0.3, -0.25) is 39.1 Å². The van der Waals surface area contributed by atoms with Crippen molar-refractivity contribution in [1.82, 2.24) is 25.3 Å². The summed E-state index contributed by atoms with van der Waals surface area (Å²) in [6, 6.07) is -0.323. The Morgan fingerprint density at radius 1 is 1.00 bits per heavy atom. The normalized spacial score (nSPS) is 19.1. The number of anilines is 1. The van der Waals surface area contributed by atoms with Gasteiger partial charge in [-0.2, -0.15) is 0 Å². The van der Waals surface area contributed by atoms with E-state index in [2.05, 4.69) is 16.0 Å². The molecule has 1 aromatic carbocycles. The molecule has 4 rings (SSSR count). The van der Waals surface area contributed by atoms with Gasteiger partial charge in [0, 0.05) is 43.6 Å². The first kappa shape index (κ1) is 44.5. The van der Waals surface area contributed by atoms with E-state index in [9.17, 15) is 53.4 Å². The summed E-state index contributed by atoms with van der Waals surface area (Å²) >= 11 is 1.08. The molecule has 7 amide bonds. The van der Waals surface area contributed by atoms with Crippen molar-refractivity contribution in [2.75, 3.05) is 43.9 Å². The van der Waals surface area contributed by atoms with E-state index in [0.717, 1.165) is 23.6 Å². The Hall–Kier alpha value is -3.70. The molecule has 3 aliphatic heterocycles. The number of rotatable bonds is 12. The number of hydrogen-bond donors (Lipinski definition) is 4. The second kappa shape index (κ2) is 19.4. The largest absolute Gasteiger partial charge is 1.00 e. The first-order valence-electron chi connectivity index (χ1n) is 14.9. The van der Waals surface area contributed by atoms with Gasteiger partial charge in [0.2, 0.25) is 5.91 Å². The molecule has 2 fully saturated rings. The molecular formula is C29H31N7Na2O13S. The Bertz CT molecular complexity index is 1660. The molecule has 1 aromatic rings. The van der Waals surface area contributed by atoms with Crippen LogP contribution < -0.4 is 91.0 Å². The van der Waals surface area contributed by atoms with Crippen LogP contribution in [0, 0.1) is 0 Å². The van der Waals surface area contributed by atoms with Crippen molar-refractivity contribution in [1.29, 1.82) is 0 Å². The van der Waals surface area contributed by atoms with Crippen molar-refractivity contribution in [2.45, 2.75) is 37.3 Å². The number of carbonyl (C=O) groups is 9. The number of hydrogen-bond acceptors (Lipinski definition) is 15.